The summed E-state index contributed by atoms with van der Waals surface area (Å²) in [6.07, 6.45) is -4.37. The third kappa shape index (κ3) is 4.74. The lowest BCUT2D eigenvalue weighted by atomic mass is 9.85. The Kier molecular flexibility index (Phi) is 6.30. The summed E-state index contributed by atoms with van der Waals surface area (Å²) in [6, 6.07) is 18.7. The molecule has 0 N–H and O–H groups in total. The number of hydrogen-bond acceptors (Lipinski definition) is 3. The maximum absolute atomic E-state index is 13.1. The van der Waals surface area contributed by atoms with Crippen molar-refractivity contribution in [3.63, 3.8) is 0 Å². The van der Waals surface area contributed by atoms with Gasteiger partial charge < -0.3 is 14.4 Å². The Balaban J connectivity index is 1.55. The molecule has 0 unspecified atom stereocenters. The Morgan fingerprint density at radius 3 is 2.41 bits per heavy atom. The number of hydrogen-bond donors (Lipinski definition) is 0. The number of halogens is 3. The summed E-state index contributed by atoms with van der Waals surface area (Å²) in [5.41, 5.74) is 2.21. The monoisotopic (exact) mass is 468 g/mol. The second-order valence-corrected chi connectivity index (χ2v) is 8.77. The molecule has 1 radical (unpaired) electrons. The molecule has 7 heteroatoms. The number of amides is 1. The summed E-state index contributed by atoms with van der Waals surface area (Å²) in [7, 11) is 0. The van der Waals surface area contributed by atoms with E-state index in [1.165, 1.54) is 12.1 Å². The van der Waals surface area contributed by atoms with Crippen LogP contribution in [0.15, 0.2) is 60.7 Å². The van der Waals surface area contributed by atoms with Crippen LogP contribution in [0, 0.1) is 6.07 Å². The Bertz CT molecular complexity index is 1190. The first-order valence-corrected chi connectivity index (χ1v) is 11.0. The van der Waals surface area contributed by atoms with Crippen molar-refractivity contribution >= 4 is 11.6 Å². The van der Waals surface area contributed by atoms with Crippen molar-refractivity contribution in [2.75, 3.05) is 24.7 Å². The Labute approximate surface area is 196 Å². The van der Waals surface area contributed by atoms with Crippen LogP contribution in [-0.4, -0.2) is 25.7 Å². The minimum absolute atomic E-state index is 0.153. The van der Waals surface area contributed by atoms with Gasteiger partial charge in [-0.1, -0.05) is 38.1 Å². The number of benzene rings is 3. The zero-order chi connectivity index (χ0) is 24.5. The number of carbonyl (C=O) groups excluding carboxylic acids is 1. The lowest BCUT2D eigenvalue weighted by Gasteiger charge is -2.21. The van der Waals surface area contributed by atoms with Crippen molar-refractivity contribution in [1.82, 2.24) is 0 Å². The molecule has 0 spiro atoms. The maximum atomic E-state index is 13.1. The van der Waals surface area contributed by atoms with E-state index in [0.717, 1.165) is 28.9 Å². The first-order chi connectivity index (χ1) is 16.1. The number of carbonyl (C=O) groups is 1. The number of anilines is 1. The predicted molar refractivity (Wildman–Crippen MR) is 124 cm³/mol. The summed E-state index contributed by atoms with van der Waals surface area (Å²) >= 11 is 0. The molecule has 177 valence electrons. The van der Waals surface area contributed by atoms with Gasteiger partial charge in [0.1, 0.15) is 0 Å². The van der Waals surface area contributed by atoms with Crippen molar-refractivity contribution in [1.29, 1.82) is 0 Å². The van der Waals surface area contributed by atoms with Crippen LogP contribution in [0.3, 0.4) is 0 Å². The highest BCUT2D eigenvalue weighted by molar-refractivity contribution is 5.97. The summed E-state index contributed by atoms with van der Waals surface area (Å²) in [5, 5.41) is 0. The molecule has 3 aromatic carbocycles. The average molecular weight is 468 g/mol. The molecule has 0 saturated heterocycles. The lowest BCUT2D eigenvalue weighted by molar-refractivity contribution is -0.137. The molecule has 1 heterocycles. The molecule has 0 saturated carbocycles. The van der Waals surface area contributed by atoms with E-state index in [0.29, 0.717) is 30.2 Å². The van der Waals surface area contributed by atoms with Gasteiger partial charge in [-0.25, -0.2) is 0 Å². The van der Waals surface area contributed by atoms with Crippen LogP contribution in [0.4, 0.5) is 18.9 Å². The van der Waals surface area contributed by atoms with Crippen LogP contribution in [0.1, 0.15) is 31.9 Å². The number of nitrogens with zero attached hydrogens (tertiary/aromatic N) is 1. The second-order valence-electron chi connectivity index (χ2n) is 8.77. The van der Waals surface area contributed by atoms with Gasteiger partial charge in [0.2, 0.25) is 0 Å². The van der Waals surface area contributed by atoms with E-state index in [9.17, 15) is 18.0 Å². The van der Waals surface area contributed by atoms with Gasteiger partial charge >= 0.3 is 6.18 Å². The quantitative estimate of drug-likeness (QED) is 0.428. The number of ether oxygens (including phenoxy) is 2. The zero-order valence-corrected chi connectivity index (χ0v) is 19.2. The number of rotatable bonds is 6. The third-order valence-electron chi connectivity index (χ3n) is 5.86. The van der Waals surface area contributed by atoms with Gasteiger partial charge in [-0.3, -0.25) is 4.79 Å². The molecule has 0 bridgehead atoms. The predicted octanol–water partition coefficient (Wildman–Crippen LogP) is 6.27. The van der Waals surface area contributed by atoms with Crippen molar-refractivity contribution < 1.29 is 27.4 Å². The van der Waals surface area contributed by atoms with E-state index < -0.39 is 11.7 Å². The minimum atomic E-state index is -4.37. The SMILES string of the molecule is CCOc1c[c]ccc1OCC(=O)N1CC(C)(C)c2cc(-c3ccc(C(F)(F)F)cc3)ccc21. The first kappa shape index (κ1) is 23.7. The van der Waals surface area contributed by atoms with Crippen molar-refractivity contribution in [2.45, 2.75) is 32.4 Å². The number of fused-ring (bicyclic) bond motifs is 1. The molecule has 1 amide bonds. The highest BCUT2D eigenvalue weighted by atomic mass is 19.4. The molecule has 0 aromatic heterocycles. The fourth-order valence-electron chi connectivity index (χ4n) is 4.14. The summed E-state index contributed by atoms with van der Waals surface area (Å²) in [4.78, 5) is 14.8. The number of alkyl halides is 3. The van der Waals surface area contributed by atoms with Crippen LogP contribution in [0.25, 0.3) is 11.1 Å². The van der Waals surface area contributed by atoms with E-state index in [1.807, 2.05) is 39.0 Å². The topological polar surface area (TPSA) is 38.8 Å². The average Bonchev–Trinajstić information content (AvgIpc) is 3.08. The van der Waals surface area contributed by atoms with Crippen LogP contribution < -0.4 is 14.4 Å². The molecular formula is C27H25F3NO3. The van der Waals surface area contributed by atoms with Gasteiger partial charge in [0, 0.05) is 17.6 Å². The van der Waals surface area contributed by atoms with Crippen molar-refractivity contribution in [2.24, 2.45) is 0 Å². The Morgan fingerprint density at radius 2 is 1.74 bits per heavy atom. The van der Waals surface area contributed by atoms with Gasteiger partial charge in [0.15, 0.2) is 18.1 Å². The van der Waals surface area contributed by atoms with E-state index in [4.69, 9.17) is 9.47 Å². The standard InChI is InChI=1S/C27H25F3NO3/c1-4-33-23-7-5-6-8-24(23)34-16-25(32)31-17-26(2,3)21-15-19(11-14-22(21)31)18-9-12-20(13-10-18)27(28,29)30/h6-15H,4,16-17H2,1-3H3. The lowest BCUT2D eigenvalue weighted by Crippen LogP contribution is -2.37. The van der Waals surface area contributed by atoms with Crippen LogP contribution in [-0.2, 0) is 16.4 Å². The van der Waals surface area contributed by atoms with Crippen LogP contribution in [0.2, 0.25) is 0 Å². The Morgan fingerprint density at radius 1 is 1.03 bits per heavy atom. The van der Waals surface area contributed by atoms with E-state index in [2.05, 4.69) is 6.07 Å². The smallest absolute Gasteiger partial charge is 0.416 e. The van der Waals surface area contributed by atoms with Crippen molar-refractivity contribution in [3.8, 4) is 22.6 Å². The molecule has 0 fully saturated rings. The molecular weight excluding hydrogens is 443 g/mol. The normalized spacial score (nSPS) is 14.6. The van der Waals surface area contributed by atoms with Gasteiger partial charge in [0.25, 0.3) is 5.91 Å². The highest BCUT2D eigenvalue weighted by Gasteiger charge is 2.38. The maximum Gasteiger partial charge on any atom is 0.416 e. The van der Waals surface area contributed by atoms with Crippen LogP contribution >= 0.6 is 0 Å². The molecule has 0 atom stereocenters. The summed E-state index contributed by atoms with van der Waals surface area (Å²) in [5.74, 6) is 0.816. The third-order valence-corrected chi connectivity index (χ3v) is 5.86. The van der Waals surface area contributed by atoms with Crippen molar-refractivity contribution in [3.05, 3.63) is 77.9 Å². The molecule has 3 aromatic rings. The first-order valence-electron chi connectivity index (χ1n) is 11.0. The zero-order valence-electron chi connectivity index (χ0n) is 19.2. The molecule has 1 aliphatic rings. The largest absolute Gasteiger partial charge is 0.490 e. The minimum Gasteiger partial charge on any atom is -0.490 e. The summed E-state index contributed by atoms with van der Waals surface area (Å²) < 4.78 is 50.0. The fourth-order valence-corrected chi connectivity index (χ4v) is 4.14. The van der Waals surface area contributed by atoms with Gasteiger partial charge in [-0.2, -0.15) is 13.2 Å². The Hall–Kier alpha value is -3.48. The molecule has 4 rings (SSSR count). The van der Waals surface area contributed by atoms with Gasteiger partial charge in [-0.05, 0) is 66.1 Å². The molecule has 4 nitrogen and oxygen atoms in total. The highest BCUT2D eigenvalue weighted by Crippen LogP contribution is 2.43. The molecule has 0 aliphatic carbocycles. The van der Waals surface area contributed by atoms with Crippen LogP contribution in [0.5, 0.6) is 11.5 Å². The van der Waals surface area contributed by atoms with Gasteiger partial charge in [0.05, 0.1) is 12.2 Å². The second kappa shape index (κ2) is 9.05. The molecule has 34 heavy (non-hydrogen) atoms. The molecule has 1 aliphatic heterocycles. The van der Waals surface area contributed by atoms with E-state index in [-0.39, 0.29) is 17.9 Å². The van der Waals surface area contributed by atoms with Gasteiger partial charge in [-0.15, -0.1) is 0 Å². The van der Waals surface area contributed by atoms with E-state index in [1.54, 1.807) is 23.1 Å². The van der Waals surface area contributed by atoms with E-state index >= 15 is 0 Å². The fraction of sp³-hybridized carbons (Fsp3) is 0.296. The summed E-state index contributed by atoms with van der Waals surface area (Å²) in [6.45, 7) is 6.73.